The van der Waals surface area contributed by atoms with E-state index >= 15 is 0 Å². The van der Waals surface area contributed by atoms with Crippen molar-refractivity contribution in [1.82, 2.24) is 0 Å². The summed E-state index contributed by atoms with van der Waals surface area (Å²) in [4.78, 5) is 0. The van der Waals surface area contributed by atoms with Crippen molar-refractivity contribution in [2.45, 2.75) is 38.0 Å². The van der Waals surface area contributed by atoms with Crippen LogP contribution in [0.1, 0.15) is 26.2 Å². The van der Waals surface area contributed by atoms with Crippen LogP contribution in [0.5, 0.6) is 0 Å². The fraction of sp³-hybridized carbons (Fsp3) is 1.00. The first kappa shape index (κ1) is 12.1. The van der Waals surface area contributed by atoms with Crippen LogP contribution in [-0.2, 0) is 18.0 Å². The number of rotatable bonds is 7. The monoisotopic (exact) mass is 220 g/mol. The minimum atomic E-state index is -2.52. The number of hydrogen-bond donors (Lipinski definition) is 0. The molecule has 0 bridgehead atoms. The van der Waals surface area contributed by atoms with E-state index in [2.05, 4.69) is 6.92 Å². The van der Waals surface area contributed by atoms with E-state index < -0.39 is 8.80 Å². The first-order valence-corrected chi connectivity index (χ1v) is 6.85. The Kier molecular flexibility index (Phi) is 4.53. The zero-order valence-electron chi connectivity index (χ0n) is 9.41. The third-order valence-electron chi connectivity index (χ3n) is 2.63. The Hall–Kier alpha value is 0.0569. The fourth-order valence-electron chi connectivity index (χ4n) is 1.68. The molecule has 1 fully saturated rings. The summed E-state index contributed by atoms with van der Waals surface area (Å²) in [6.07, 6.45) is 3.73. The molecule has 84 valence electrons. The summed E-state index contributed by atoms with van der Waals surface area (Å²) in [7, 11) is 2.35. The molecule has 2 atom stereocenters. The molecule has 1 rings (SSSR count). The van der Waals surface area contributed by atoms with E-state index in [0.717, 1.165) is 6.42 Å². The lowest BCUT2D eigenvalue weighted by Gasteiger charge is -2.22. The first-order valence-electron chi connectivity index (χ1n) is 5.05. The summed E-state index contributed by atoms with van der Waals surface area (Å²) in [6.45, 7) is 2.17. The first-order chi connectivity index (χ1) is 6.74. The minimum Gasteiger partial charge on any atom is -0.375 e. The Balaban J connectivity index is 2.41. The van der Waals surface area contributed by atoms with E-state index in [0.29, 0.717) is 0 Å². The molecule has 0 aromatic heterocycles. The summed E-state index contributed by atoms with van der Waals surface area (Å²) in [5.74, 6) is 0. The molecule has 1 aliphatic rings. The number of unbranched alkanes of at least 4 members (excludes halogenated alkanes) is 1. The highest BCUT2D eigenvalue weighted by molar-refractivity contribution is 6.63. The average Bonchev–Trinajstić information content (AvgIpc) is 2.99. The van der Waals surface area contributed by atoms with E-state index in [1.807, 2.05) is 0 Å². The van der Waals surface area contributed by atoms with Crippen molar-refractivity contribution < 1.29 is 18.0 Å². The molecule has 4 nitrogen and oxygen atoms in total. The Morgan fingerprint density at radius 2 is 1.71 bits per heavy atom. The van der Waals surface area contributed by atoms with E-state index in [4.69, 9.17) is 18.0 Å². The molecular weight excluding hydrogens is 200 g/mol. The van der Waals surface area contributed by atoms with Gasteiger partial charge in [0.2, 0.25) is 0 Å². The molecule has 5 heteroatoms. The van der Waals surface area contributed by atoms with Crippen LogP contribution in [0, 0.1) is 0 Å². The van der Waals surface area contributed by atoms with Crippen LogP contribution < -0.4 is 0 Å². The molecular formula is C9H20O4Si. The highest BCUT2D eigenvalue weighted by Gasteiger charge is 2.61. The third-order valence-corrected chi connectivity index (χ3v) is 5.54. The van der Waals surface area contributed by atoms with E-state index in [9.17, 15) is 0 Å². The van der Waals surface area contributed by atoms with E-state index in [1.165, 1.54) is 12.8 Å². The second-order valence-corrected chi connectivity index (χ2v) is 6.45. The van der Waals surface area contributed by atoms with Crippen molar-refractivity contribution in [1.29, 1.82) is 0 Å². The molecule has 2 unspecified atom stereocenters. The van der Waals surface area contributed by atoms with Gasteiger partial charge in [-0.2, -0.15) is 0 Å². The van der Waals surface area contributed by atoms with Crippen LogP contribution in [0.25, 0.3) is 0 Å². The Morgan fingerprint density at radius 1 is 1.14 bits per heavy atom. The predicted octanol–water partition coefficient (Wildman–Crippen LogP) is 1.36. The molecule has 0 aliphatic carbocycles. The van der Waals surface area contributed by atoms with Crippen molar-refractivity contribution >= 4 is 8.80 Å². The lowest BCUT2D eigenvalue weighted by atomic mass is 10.2. The van der Waals surface area contributed by atoms with Crippen molar-refractivity contribution in [3.05, 3.63) is 0 Å². The van der Waals surface area contributed by atoms with Gasteiger partial charge in [0.25, 0.3) is 0 Å². The Labute approximate surface area is 86.9 Å². The Morgan fingerprint density at radius 3 is 2.14 bits per heavy atom. The van der Waals surface area contributed by atoms with E-state index in [1.54, 1.807) is 21.3 Å². The summed E-state index contributed by atoms with van der Waals surface area (Å²) in [5.41, 5.74) is 0.0500. The standard InChI is InChI=1S/C9H20O4Si/c1-5-6-7-8-9(13-8)14(10-2,11-3)12-4/h8-9H,5-7H2,1-4H3. The molecule has 0 aromatic rings. The fourth-order valence-corrected chi connectivity index (χ4v) is 3.84. The molecule has 14 heavy (non-hydrogen) atoms. The van der Waals surface area contributed by atoms with Gasteiger partial charge in [0.15, 0.2) is 5.73 Å². The normalized spacial score (nSPS) is 26.6. The lowest BCUT2D eigenvalue weighted by Crippen LogP contribution is -2.50. The van der Waals surface area contributed by atoms with Gasteiger partial charge in [-0.3, -0.25) is 0 Å². The maximum Gasteiger partial charge on any atom is 0.533 e. The van der Waals surface area contributed by atoms with Gasteiger partial charge in [-0.25, -0.2) is 0 Å². The third kappa shape index (κ3) is 2.35. The zero-order valence-corrected chi connectivity index (χ0v) is 10.4. The quantitative estimate of drug-likeness (QED) is 0.480. The van der Waals surface area contributed by atoms with Gasteiger partial charge in [0, 0.05) is 21.3 Å². The molecule has 1 saturated heterocycles. The summed E-state index contributed by atoms with van der Waals surface area (Å²) < 4.78 is 21.6. The predicted molar refractivity (Wildman–Crippen MR) is 55.0 cm³/mol. The second-order valence-electron chi connectivity index (χ2n) is 3.45. The molecule has 0 amide bonds. The lowest BCUT2D eigenvalue weighted by molar-refractivity contribution is 0.110. The van der Waals surface area contributed by atoms with Crippen LogP contribution in [0.15, 0.2) is 0 Å². The highest BCUT2D eigenvalue weighted by Crippen LogP contribution is 2.35. The summed E-state index contributed by atoms with van der Waals surface area (Å²) >= 11 is 0. The smallest absolute Gasteiger partial charge is 0.375 e. The van der Waals surface area contributed by atoms with Gasteiger partial charge in [0.1, 0.15) is 0 Å². The van der Waals surface area contributed by atoms with Gasteiger partial charge < -0.3 is 18.0 Å². The van der Waals surface area contributed by atoms with Gasteiger partial charge in [-0.05, 0) is 6.42 Å². The maximum absolute atomic E-state index is 5.54. The van der Waals surface area contributed by atoms with Gasteiger partial charge >= 0.3 is 8.80 Å². The molecule has 0 spiro atoms. The largest absolute Gasteiger partial charge is 0.533 e. The minimum absolute atomic E-state index is 0.0500. The molecule has 0 aromatic carbocycles. The van der Waals surface area contributed by atoms with Crippen LogP contribution >= 0.6 is 0 Å². The molecule has 0 N–H and O–H groups in total. The maximum atomic E-state index is 5.54. The van der Waals surface area contributed by atoms with Crippen molar-refractivity contribution in [3.8, 4) is 0 Å². The topological polar surface area (TPSA) is 40.2 Å². The van der Waals surface area contributed by atoms with Crippen LogP contribution in [-0.4, -0.2) is 42.0 Å². The van der Waals surface area contributed by atoms with Gasteiger partial charge in [0.05, 0.1) is 6.10 Å². The molecule has 0 saturated carbocycles. The van der Waals surface area contributed by atoms with Gasteiger partial charge in [-0.15, -0.1) is 0 Å². The van der Waals surface area contributed by atoms with E-state index in [-0.39, 0.29) is 11.8 Å². The van der Waals surface area contributed by atoms with Gasteiger partial charge in [-0.1, -0.05) is 19.8 Å². The molecule has 1 heterocycles. The SMILES string of the molecule is CCCCC1OC1[Si](OC)(OC)OC. The average molecular weight is 220 g/mol. The van der Waals surface area contributed by atoms with Crippen molar-refractivity contribution in [2.75, 3.05) is 21.3 Å². The van der Waals surface area contributed by atoms with Crippen molar-refractivity contribution in [2.24, 2.45) is 0 Å². The number of epoxide rings is 1. The Bertz CT molecular complexity index is 164. The molecule has 0 radical (unpaired) electrons. The van der Waals surface area contributed by atoms with Crippen LogP contribution in [0.4, 0.5) is 0 Å². The molecule has 1 aliphatic heterocycles. The van der Waals surface area contributed by atoms with Crippen molar-refractivity contribution in [3.63, 3.8) is 0 Å². The second kappa shape index (κ2) is 5.23. The summed E-state index contributed by atoms with van der Waals surface area (Å²) in [5, 5.41) is 0. The zero-order chi connectivity index (χ0) is 10.6. The van der Waals surface area contributed by atoms with Crippen LogP contribution in [0.3, 0.4) is 0 Å². The van der Waals surface area contributed by atoms with Crippen LogP contribution in [0.2, 0.25) is 0 Å². The highest BCUT2D eigenvalue weighted by atomic mass is 28.4. The number of hydrogen-bond acceptors (Lipinski definition) is 4. The summed E-state index contributed by atoms with van der Waals surface area (Å²) in [6, 6.07) is 0. The number of ether oxygens (including phenoxy) is 1.